The first-order valence-corrected chi connectivity index (χ1v) is 11.1. The van der Waals surface area contributed by atoms with Gasteiger partial charge in [0.2, 0.25) is 11.8 Å². The zero-order valence-corrected chi connectivity index (χ0v) is 18.7. The van der Waals surface area contributed by atoms with E-state index in [0.717, 1.165) is 16.7 Å². The summed E-state index contributed by atoms with van der Waals surface area (Å²) < 4.78 is 5.28. The molecule has 1 unspecified atom stereocenters. The topological polar surface area (TPSA) is 105 Å². The molecule has 2 heterocycles. The lowest BCUT2D eigenvalue weighted by Crippen LogP contribution is -2.52. The molecular formula is C25H27N3O5. The Balaban J connectivity index is 1.31. The van der Waals surface area contributed by atoms with Crippen molar-refractivity contribution in [3.63, 3.8) is 0 Å². The average molecular weight is 450 g/mol. The highest BCUT2D eigenvalue weighted by Gasteiger charge is 2.39. The van der Waals surface area contributed by atoms with E-state index >= 15 is 0 Å². The van der Waals surface area contributed by atoms with Crippen molar-refractivity contribution < 1.29 is 23.9 Å². The molecule has 4 rings (SSSR count). The van der Waals surface area contributed by atoms with E-state index < -0.39 is 18.0 Å². The number of carbonyl (C=O) groups excluding carboxylic acids is 4. The van der Waals surface area contributed by atoms with Crippen molar-refractivity contribution in [2.24, 2.45) is 0 Å². The van der Waals surface area contributed by atoms with Gasteiger partial charge in [-0.2, -0.15) is 0 Å². The number of amides is 4. The highest BCUT2D eigenvalue weighted by molar-refractivity contribution is 6.05. The number of ether oxygens (including phenoxy) is 1. The van der Waals surface area contributed by atoms with Crippen LogP contribution in [0.15, 0.2) is 42.5 Å². The number of hydrogen-bond acceptors (Lipinski definition) is 5. The Morgan fingerprint density at radius 3 is 2.55 bits per heavy atom. The maximum absolute atomic E-state index is 12.9. The van der Waals surface area contributed by atoms with Crippen LogP contribution >= 0.6 is 0 Å². The maximum Gasteiger partial charge on any atom is 0.407 e. The molecule has 0 radical (unpaired) electrons. The number of nitrogens with zero attached hydrogens (tertiary/aromatic N) is 1. The van der Waals surface area contributed by atoms with Gasteiger partial charge in [0.25, 0.3) is 5.91 Å². The number of piperidine rings is 1. The molecule has 2 aromatic rings. The summed E-state index contributed by atoms with van der Waals surface area (Å²) in [7, 11) is 0. The fraction of sp³-hybridized carbons (Fsp3) is 0.360. The first-order valence-electron chi connectivity index (χ1n) is 11.1. The highest BCUT2D eigenvalue weighted by Crippen LogP contribution is 2.28. The number of fused-ring (bicyclic) bond motifs is 1. The summed E-state index contributed by atoms with van der Waals surface area (Å²) in [6.45, 7) is 4.96. The monoisotopic (exact) mass is 449 g/mol. The third-order valence-corrected chi connectivity index (χ3v) is 6.05. The SMILES string of the molecule is CC(C)c1ccc(COC(=O)NCc2ccc3c(c2)C(=O)N(C2CCC(=O)NC2=O)C3)cc1. The first kappa shape index (κ1) is 22.5. The lowest BCUT2D eigenvalue weighted by molar-refractivity contribution is -0.136. The van der Waals surface area contributed by atoms with Gasteiger partial charge in [-0.05, 0) is 40.7 Å². The zero-order valence-electron chi connectivity index (χ0n) is 18.7. The summed E-state index contributed by atoms with van der Waals surface area (Å²) in [5.41, 5.74) is 4.22. The van der Waals surface area contributed by atoms with E-state index in [4.69, 9.17) is 4.74 Å². The lowest BCUT2D eigenvalue weighted by atomic mass is 10.0. The second-order valence-corrected chi connectivity index (χ2v) is 8.72. The minimum absolute atomic E-state index is 0.174. The number of imide groups is 1. The molecule has 2 aliphatic rings. The molecule has 172 valence electrons. The fourth-order valence-corrected chi connectivity index (χ4v) is 4.08. The van der Waals surface area contributed by atoms with Crippen LogP contribution in [0.25, 0.3) is 0 Å². The molecule has 0 bridgehead atoms. The van der Waals surface area contributed by atoms with Gasteiger partial charge < -0.3 is 15.0 Å². The molecule has 1 atom stereocenters. The van der Waals surface area contributed by atoms with Crippen LogP contribution in [-0.2, 0) is 34.0 Å². The fourth-order valence-electron chi connectivity index (χ4n) is 4.08. The van der Waals surface area contributed by atoms with E-state index in [9.17, 15) is 19.2 Å². The quantitative estimate of drug-likeness (QED) is 0.660. The van der Waals surface area contributed by atoms with Crippen molar-refractivity contribution >= 4 is 23.8 Å². The van der Waals surface area contributed by atoms with Gasteiger partial charge in [-0.25, -0.2) is 4.79 Å². The van der Waals surface area contributed by atoms with Crippen LogP contribution in [0, 0.1) is 0 Å². The van der Waals surface area contributed by atoms with Crippen LogP contribution in [0.3, 0.4) is 0 Å². The number of carbonyl (C=O) groups is 4. The number of benzene rings is 2. The van der Waals surface area contributed by atoms with E-state index in [1.54, 1.807) is 6.07 Å². The van der Waals surface area contributed by atoms with Crippen LogP contribution in [0.1, 0.15) is 65.2 Å². The summed E-state index contributed by atoms with van der Waals surface area (Å²) in [5.74, 6) is -0.545. The van der Waals surface area contributed by atoms with Crippen molar-refractivity contribution in [2.45, 2.75) is 58.3 Å². The molecule has 1 saturated heterocycles. The predicted molar refractivity (Wildman–Crippen MR) is 120 cm³/mol. The van der Waals surface area contributed by atoms with Gasteiger partial charge in [0.05, 0.1) is 0 Å². The number of rotatable bonds is 6. The Kier molecular flexibility index (Phi) is 6.44. The molecule has 4 amide bonds. The van der Waals surface area contributed by atoms with Crippen molar-refractivity contribution in [1.29, 1.82) is 0 Å². The Hall–Kier alpha value is -3.68. The molecule has 8 heteroatoms. The van der Waals surface area contributed by atoms with Crippen LogP contribution in [-0.4, -0.2) is 34.8 Å². The van der Waals surface area contributed by atoms with E-state index in [-0.39, 0.29) is 31.4 Å². The van der Waals surface area contributed by atoms with Crippen LogP contribution in [0.2, 0.25) is 0 Å². The smallest absolute Gasteiger partial charge is 0.407 e. The third kappa shape index (κ3) is 5.05. The molecule has 33 heavy (non-hydrogen) atoms. The minimum Gasteiger partial charge on any atom is -0.445 e. The van der Waals surface area contributed by atoms with Crippen molar-refractivity contribution in [1.82, 2.24) is 15.5 Å². The van der Waals surface area contributed by atoms with E-state index in [1.165, 1.54) is 10.5 Å². The Bertz CT molecular complexity index is 1090. The number of hydrogen-bond donors (Lipinski definition) is 2. The normalized spacial score (nSPS) is 17.7. The lowest BCUT2D eigenvalue weighted by Gasteiger charge is -2.29. The van der Waals surface area contributed by atoms with Gasteiger partial charge in [0, 0.05) is 25.1 Å². The molecule has 8 nitrogen and oxygen atoms in total. The standard InChI is InChI=1S/C25H27N3O5/c1-15(2)18-6-3-16(4-7-18)14-33-25(32)26-12-17-5-8-19-13-28(24(31)20(19)11-17)21-9-10-22(29)27-23(21)30/h3-8,11,15,21H,9-10,12-14H2,1-2H3,(H,26,32)(H,27,29,30). The van der Waals surface area contributed by atoms with Crippen LogP contribution in [0.4, 0.5) is 4.79 Å². The maximum atomic E-state index is 12.9. The molecule has 0 saturated carbocycles. The van der Waals surface area contributed by atoms with Crippen LogP contribution < -0.4 is 10.6 Å². The predicted octanol–water partition coefficient (Wildman–Crippen LogP) is 3.00. The van der Waals surface area contributed by atoms with E-state index in [2.05, 4.69) is 24.5 Å². The number of nitrogens with one attached hydrogen (secondary N) is 2. The average Bonchev–Trinajstić information content (AvgIpc) is 3.12. The molecule has 1 fully saturated rings. The van der Waals surface area contributed by atoms with E-state index in [1.807, 2.05) is 36.4 Å². The summed E-state index contributed by atoms with van der Waals surface area (Å²) >= 11 is 0. The Morgan fingerprint density at radius 1 is 1.12 bits per heavy atom. The molecule has 2 N–H and O–H groups in total. The molecular weight excluding hydrogens is 422 g/mol. The minimum atomic E-state index is -0.645. The molecule has 0 spiro atoms. The Labute approximate surface area is 192 Å². The van der Waals surface area contributed by atoms with Gasteiger partial charge >= 0.3 is 6.09 Å². The molecule has 2 aliphatic heterocycles. The second-order valence-electron chi connectivity index (χ2n) is 8.72. The van der Waals surface area contributed by atoms with Gasteiger partial charge in [0.15, 0.2) is 0 Å². The summed E-state index contributed by atoms with van der Waals surface area (Å²) in [6, 6.07) is 12.7. The second kappa shape index (κ2) is 9.44. The zero-order chi connectivity index (χ0) is 23.5. The first-order chi connectivity index (χ1) is 15.8. The summed E-state index contributed by atoms with van der Waals surface area (Å²) in [5, 5.41) is 5.00. The summed E-state index contributed by atoms with van der Waals surface area (Å²) in [6.07, 6.45) is 0.000462. The van der Waals surface area contributed by atoms with Gasteiger partial charge in [-0.3, -0.25) is 19.7 Å². The third-order valence-electron chi connectivity index (χ3n) is 6.05. The number of alkyl carbamates (subject to hydrolysis) is 1. The van der Waals surface area contributed by atoms with Gasteiger partial charge in [0.1, 0.15) is 12.6 Å². The van der Waals surface area contributed by atoms with Crippen molar-refractivity contribution in [2.75, 3.05) is 0 Å². The van der Waals surface area contributed by atoms with Gasteiger partial charge in [-0.15, -0.1) is 0 Å². The highest BCUT2D eigenvalue weighted by atomic mass is 16.5. The molecule has 0 aliphatic carbocycles. The summed E-state index contributed by atoms with van der Waals surface area (Å²) in [4.78, 5) is 50.0. The largest absolute Gasteiger partial charge is 0.445 e. The van der Waals surface area contributed by atoms with Crippen LogP contribution in [0.5, 0.6) is 0 Å². The van der Waals surface area contributed by atoms with Crippen molar-refractivity contribution in [3.8, 4) is 0 Å². The van der Waals surface area contributed by atoms with Crippen molar-refractivity contribution in [3.05, 3.63) is 70.3 Å². The van der Waals surface area contributed by atoms with Gasteiger partial charge in [-0.1, -0.05) is 50.2 Å². The Morgan fingerprint density at radius 2 is 1.85 bits per heavy atom. The molecule has 0 aromatic heterocycles. The van der Waals surface area contributed by atoms with E-state index in [0.29, 0.717) is 24.4 Å². The molecule has 2 aromatic carbocycles.